The molecular formula is C22H23F3N8O2. The van der Waals surface area contributed by atoms with E-state index >= 15 is 0 Å². The van der Waals surface area contributed by atoms with Crippen LogP contribution in [-0.4, -0.2) is 72.8 Å². The van der Waals surface area contributed by atoms with Crippen molar-refractivity contribution in [2.75, 3.05) is 31.5 Å². The number of aromatic nitrogens is 5. The summed E-state index contributed by atoms with van der Waals surface area (Å²) in [6.45, 7) is 5.26. The molecule has 10 nitrogen and oxygen atoms in total. The summed E-state index contributed by atoms with van der Waals surface area (Å²) in [7, 11) is 0. The Hall–Kier alpha value is -4.03. The summed E-state index contributed by atoms with van der Waals surface area (Å²) >= 11 is 0. The molecule has 0 radical (unpaired) electrons. The zero-order valence-electron chi connectivity index (χ0n) is 19.1. The molecule has 0 atom stereocenters. The molecule has 0 spiro atoms. The predicted molar refractivity (Wildman–Crippen MR) is 119 cm³/mol. The van der Waals surface area contributed by atoms with E-state index in [1.165, 1.54) is 11.6 Å². The molecule has 1 N–H and O–H groups in total. The van der Waals surface area contributed by atoms with Crippen molar-refractivity contribution in [2.24, 2.45) is 0 Å². The van der Waals surface area contributed by atoms with Gasteiger partial charge in [0.25, 0.3) is 0 Å². The lowest BCUT2D eigenvalue weighted by atomic mass is 10.1. The topological polar surface area (TPSA) is 109 Å². The Kier molecular flexibility index (Phi) is 6.67. The van der Waals surface area contributed by atoms with Gasteiger partial charge in [-0.25, -0.2) is 14.6 Å². The third kappa shape index (κ3) is 5.91. The molecule has 1 aliphatic heterocycles. The fourth-order valence-corrected chi connectivity index (χ4v) is 3.73. The monoisotopic (exact) mass is 488 g/mol. The number of nitrogens with zero attached hydrogens (tertiary/aromatic N) is 7. The quantitative estimate of drug-likeness (QED) is 0.588. The minimum absolute atomic E-state index is 0.00205. The van der Waals surface area contributed by atoms with Crippen LogP contribution in [0.4, 0.5) is 24.8 Å². The van der Waals surface area contributed by atoms with E-state index in [2.05, 4.69) is 25.6 Å². The lowest BCUT2D eigenvalue weighted by molar-refractivity contribution is -0.141. The maximum Gasteiger partial charge on any atom is 0.433 e. The summed E-state index contributed by atoms with van der Waals surface area (Å²) in [5, 5.41) is 11.0. The highest BCUT2D eigenvalue weighted by atomic mass is 19.4. The van der Waals surface area contributed by atoms with Crippen LogP contribution in [0.5, 0.6) is 0 Å². The lowest BCUT2D eigenvalue weighted by Crippen LogP contribution is -2.50. The minimum Gasteiger partial charge on any atom is -0.339 e. The van der Waals surface area contributed by atoms with E-state index in [0.717, 1.165) is 17.8 Å². The molecule has 0 aliphatic carbocycles. The van der Waals surface area contributed by atoms with Crippen LogP contribution in [0, 0.1) is 6.92 Å². The van der Waals surface area contributed by atoms with E-state index in [4.69, 9.17) is 0 Å². The molecule has 4 rings (SSSR count). The van der Waals surface area contributed by atoms with Gasteiger partial charge in [0, 0.05) is 50.6 Å². The predicted octanol–water partition coefficient (Wildman–Crippen LogP) is 2.50. The van der Waals surface area contributed by atoms with Crippen molar-refractivity contribution in [3.8, 4) is 11.3 Å². The van der Waals surface area contributed by atoms with Gasteiger partial charge in [-0.2, -0.15) is 13.2 Å². The van der Waals surface area contributed by atoms with Crippen molar-refractivity contribution in [1.82, 2.24) is 34.8 Å². The van der Waals surface area contributed by atoms with Gasteiger partial charge in [0.2, 0.25) is 17.8 Å². The lowest BCUT2D eigenvalue weighted by Gasteiger charge is -2.34. The number of amides is 2. The van der Waals surface area contributed by atoms with E-state index in [9.17, 15) is 22.8 Å². The molecule has 35 heavy (non-hydrogen) atoms. The Labute approximate surface area is 198 Å². The van der Waals surface area contributed by atoms with E-state index in [1.807, 2.05) is 13.0 Å². The normalized spacial score (nSPS) is 14.2. The molecule has 184 valence electrons. The van der Waals surface area contributed by atoms with Crippen molar-refractivity contribution < 1.29 is 22.8 Å². The Morgan fingerprint density at radius 2 is 1.80 bits per heavy atom. The highest BCUT2D eigenvalue weighted by Gasteiger charge is 2.32. The van der Waals surface area contributed by atoms with Gasteiger partial charge in [0.15, 0.2) is 0 Å². The van der Waals surface area contributed by atoms with Gasteiger partial charge < -0.3 is 15.1 Å². The number of hydrogen-bond acceptors (Lipinski definition) is 7. The van der Waals surface area contributed by atoms with Gasteiger partial charge >= 0.3 is 6.18 Å². The van der Waals surface area contributed by atoms with Crippen molar-refractivity contribution >= 4 is 23.5 Å². The van der Waals surface area contributed by atoms with Crippen LogP contribution in [0.2, 0.25) is 0 Å². The molecule has 0 saturated carbocycles. The van der Waals surface area contributed by atoms with E-state index in [0.29, 0.717) is 43.1 Å². The number of halogens is 3. The molecule has 2 aromatic heterocycles. The number of carbonyl (C=O) groups excluding carboxylic acids is 2. The fourth-order valence-electron chi connectivity index (χ4n) is 3.73. The van der Waals surface area contributed by atoms with Crippen molar-refractivity contribution in [3.05, 3.63) is 47.9 Å². The Morgan fingerprint density at radius 3 is 2.49 bits per heavy atom. The zero-order chi connectivity index (χ0) is 25.2. The van der Waals surface area contributed by atoms with Crippen molar-refractivity contribution in [1.29, 1.82) is 0 Å². The molecule has 1 aromatic carbocycles. The minimum atomic E-state index is -4.58. The third-order valence-corrected chi connectivity index (χ3v) is 5.49. The zero-order valence-corrected chi connectivity index (χ0v) is 19.1. The maximum absolute atomic E-state index is 12.9. The number of hydrogen-bond donors (Lipinski definition) is 1. The Balaban J connectivity index is 1.45. The molecule has 0 unspecified atom stereocenters. The summed E-state index contributed by atoms with van der Waals surface area (Å²) in [5.74, 6) is -0.321. The molecule has 1 aliphatic rings. The maximum atomic E-state index is 12.9. The number of alkyl halides is 3. The number of aryl methyl sites for hydroxylation is 1. The first-order valence-electron chi connectivity index (χ1n) is 10.8. The van der Waals surface area contributed by atoms with Crippen LogP contribution in [0.3, 0.4) is 0 Å². The molecule has 1 saturated heterocycles. The number of nitrogens with one attached hydrogen (secondary N) is 1. The van der Waals surface area contributed by atoms with Crippen LogP contribution < -0.4 is 5.32 Å². The Morgan fingerprint density at radius 1 is 1.09 bits per heavy atom. The first kappa shape index (κ1) is 24.1. The largest absolute Gasteiger partial charge is 0.433 e. The summed E-state index contributed by atoms with van der Waals surface area (Å²) < 4.78 is 40.2. The number of piperazine rings is 1. The van der Waals surface area contributed by atoms with Crippen LogP contribution >= 0.6 is 0 Å². The Bertz CT molecular complexity index is 1240. The average Bonchev–Trinajstić information content (AvgIpc) is 3.27. The van der Waals surface area contributed by atoms with Gasteiger partial charge in [0.05, 0.1) is 6.20 Å². The second-order valence-electron chi connectivity index (χ2n) is 8.16. The van der Waals surface area contributed by atoms with E-state index in [-0.39, 0.29) is 24.3 Å². The molecular weight excluding hydrogens is 465 g/mol. The van der Waals surface area contributed by atoms with Crippen LogP contribution in [0.1, 0.15) is 18.2 Å². The van der Waals surface area contributed by atoms with Crippen LogP contribution in [-0.2, 0) is 22.3 Å². The molecule has 0 bridgehead atoms. The number of anilines is 2. The van der Waals surface area contributed by atoms with Gasteiger partial charge in [0.1, 0.15) is 17.9 Å². The number of carbonyl (C=O) groups is 2. The van der Waals surface area contributed by atoms with Crippen molar-refractivity contribution in [2.45, 2.75) is 26.6 Å². The second kappa shape index (κ2) is 9.68. The summed E-state index contributed by atoms with van der Waals surface area (Å²) in [6.07, 6.45) is -1.91. The number of rotatable bonds is 5. The smallest absolute Gasteiger partial charge is 0.339 e. The van der Waals surface area contributed by atoms with Gasteiger partial charge in [-0.1, -0.05) is 5.21 Å². The summed E-state index contributed by atoms with van der Waals surface area (Å²) in [5.41, 5.74) is 1.42. The first-order chi connectivity index (χ1) is 16.6. The molecule has 3 heterocycles. The van der Waals surface area contributed by atoms with E-state index < -0.39 is 11.9 Å². The number of benzene rings is 1. The fraction of sp³-hybridized carbons (Fsp3) is 0.364. The molecule has 1 fully saturated rings. The summed E-state index contributed by atoms with van der Waals surface area (Å²) in [4.78, 5) is 34.8. The summed E-state index contributed by atoms with van der Waals surface area (Å²) in [6, 6.07) is 6.07. The third-order valence-electron chi connectivity index (χ3n) is 5.49. The van der Waals surface area contributed by atoms with Gasteiger partial charge in [-0.3, -0.25) is 9.59 Å². The van der Waals surface area contributed by atoms with Crippen LogP contribution in [0.25, 0.3) is 11.3 Å². The highest BCUT2D eigenvalue weighted by Crippen LogP contribution is 2.29. The molecule has 13 heteroatoms. The highest BCUT2D eigenvalue weighted by molar-refractivity contribution is 5.77. The molecule has 2 amide bonds. The molecule has 3 aromatic rings. The average molecular weight is 488 g/mol. The first-order valence-corrected chi connectivity index (χ1v) is 10.8. The van der Waals surface area contributed by atoms with E-state index in [1.54, 1.807) is 28.1 Å². The SMILES string of the molecule is CC(=O)N1CCN(C(=O)Cn2cc(-c3cc(C)cc(Nc4nccc(C(F)(F)F)n4)c3)nn2)CC1. The standard InChI is InChI=1S/C22H23F3N8O2/c1-14-9-16(11-17(10-14)27-21-26-4-3-19(28-21)22(23,24)25)18-12-33(30-29-18)13-20(35)32-7-5-31(6-8-32)15(2)34/h3-4,9-12H,5-8,13H2,1-2H3,(H,26,27,28). The van der Waals surface area contributed by atoms with Gasteiger partial charge in [-0.05, 0) is 36.8 Å². The second-order valence-corrected chi connectivity index (χ2v) is 8.16. The van der Waals surface area contributed by atoms with Crippen LogP contribution in [0.15, 0.2) is 36.7 Å². The van der Waals surface area contributed by atoms with Crippen molar-refractivity contribution in [3.63, 3.8) is 0 Å². The van der Waals surface area contributed by atoms with Gasteiger partial charge in [-0.15, -0.1) is 5.10 Å².